The molecule has 0 bridgehead atoms. The number of carbonyl (C=O) groups is 3. The predicted molar refractivity (Wildman–Crippen MR) is 233 cm³/mol. The lowest BCUT2D eigenvalue weighted by molar-refractivity contribution is -0.167. The highest BCUT2D eigenvalue weighted by atomic mass is 16.6. The van der Waals surface area contributed by atoms with E-state index in [-0.39, 0.29) is 31.1 Å². The molecule has 55 heavy (non-hydrogen) atoms. The average Bonchev–Trinajstić information content (AvgIpc) is 3.18. The third kappa shape index (κ3) is 40.4. The van der Waals surface area contributed by atoms with Crippen LogP contribution in [0.5, 0.6) is 0 Å². The van der Waals surface area contributed by atoms with Crippen LogP contribution in [0.4, 0.5) is 0 Å². The van der Waals surface area contributed by atoms with Gasteiger partial charge in [0.2, 0.25) is 0 Å². The summed E-state index contributed by atoms with van der Waals surface area (Å²) < 4.78 is 16.7. The molecule has 0 aromatic heterocycles. The predicted octanol–water partition coefficient (Wildman–Crippen LogP) is 15.4. The van der Waals surface area contributed by atoms with Gasteiger partial charge in [0.15, 0.2) is 6.10 Å². The van der Waals surface area contributed by atoms with Crippen molar-refractivity contribution < 1.29 is 28.6 Å². The zero-order valence-electron chi connectivity index (χ0n) is 37.6. The minimum absolute atomic E-state index is 0.0649. The molecule has 6 heteroatoms. The Kier molecular flexibility index (Phi) is 40.8. The first-order chi connectivity index (χ1) is 26.8. The molecule has 6 nitrogen and oxygen atoms in total. The molecule has 0 heterocycles. The highest BCUT2D eigenvalue weighted by Gasteiger charge is 2.19. The summed E-state index contributed by atoms with van der Waals surface area (Å²) in [5.74, 6) is 0.880. The van der Waals surface area contributed by atoms with Crippen LogP contribution in [0, 0.1) is 11.8 Å². The van der Waals surface area contributed by atoms with Gasteiger partial charge in [-0.2, -0.15) is 0 Å². The number of unbranched alkanes of at least 4 members (excludes halogenated alkanes) is 26. The normalized spacial score (nSPS) is 13.0. The molecule has 0 aliphatic heterocycles. The molecule has 0 aliphatic carbocycles. The van der Waals surface area contributed by atoms with Crippen molar-refractivity contribution in [3.05, 3.63) is 0 Å². The van der Waals surface area contributed by atoms with E-state index in [2.05, 4.69) is 34.6 Å². The van der Waals surface area contributed by atoms with Crippen LogP contribution in [0.25, 0.3) is 0 Å². The second-order valence-corrected chi connectivity index (χ2v) is 17.2. The summed E-state index contributed by atoms with van der Waals surface area (Å²) in [6, 6.07) is 0. The molecule has 0 saturated heterocycles. The Morgan fingerprint density at radius 3 is 0.945 bits per heavy atom. The van der Waals surface area contributed by atoms with Crippen LogP contribution >= 0.6 is 0 Å². The van der Waals surface area contributed by atoms with Crippen molar-refractivity contribution in [3.8, 4) is 0 Å². The van der Waals surface area contributed by atoms with E-state index in [0.717, 1.165) is 69.6 Å². The maximum absolute atomic E-state index is 12.7. The number of rotatable bonds is 43. The smallest absolute Gasteiger partial charge is 0.306 e. The average molecular weight is 779 g/mol. The van der Waals surface area contributed by atoms with E-state index in [9.17, 15) is 14.4 Å². The Morgan fingerprint density at radius 2 is 0.636 bits per heavy atom. The summed E-state index contributed by atoms with van der Waals surface area (Å²) in [7, 11) is 0. The number of hydrogen-bond donors (Lipinski definition) is 0. The highest BCUT2D eigenvalue weighted by molar-refractivity contribution is 5.71. The van der Waals surface area contributed by atoms with E-state index in [4.69, 9.17) is 14.2 Å². The van der Waals surface area contributed by atoms with Crippen LogP contribution in [0.2, 0.25) is 0 Å². The number of carbonyl (C=O) groups excluding carboxylic acids is 3. The monoisotopic (exact) mass is 779 g/mol. The molecule has 0 fully saturated rings. The maximum Gasteiger partial charge on any atom is 0.306 e. The Labute approximate surface area is 342 Å². The molecule has 326 valence electrons. The largest absolute Gasteiger partial charge is 0.462 e. The summed E-state index contributed by atoms with van der Waals surface area (Å²) >= 11 is 0. The van der Waals surface area contributed by atoms with E-state index >= 15 is 0 Å². The molecule has 0 radical (unpaired) electrons. The molecule has 2 unspecified atom stereocenters. The van der Waals surface area contributed by atoms with Crippen molar-refractivity contribution in [1.29, 1.82) is 0 Å². The van der Waals surface area contributed by atoms with E-state index in [1.807, 2.05) is 0 Å². The fraction of sp³-hybridized carbons (Fsp3) is 0.939. The van der Waals surface area contributed by atoms with Gasteiger partial charge >= 0.3 is 17.9 Å². The standard InChI is InChI=1S/C49H94O6/c1-6-9-10-11-22-29-34-39-47(50)53-42-46(55-49(52)41-36-31-26-21-20-24-28-33-38-45(5)8-3)43-54-48(51)40-35-30-25-19-17-15-13-12-14-16-18-23-27-32-37-44(4)7-2/h44-46H,6-43H2,1-5H3/t44?,45?,46-/m1/s1. The van der Waals surface area contributed by atoms with Gasteiger partial charge in [-0.3, -0.25) is 14.4 Å². The number of ether oxygens (including phenoxy) is 3. The van der Waals surface area contributed by atoms with Crippen LogP contribution in [0.3, 0.4) is 0 Å². The zero-order valence-corrected chi connectivity index (χ0v) is 37.6. The number of hydrogen-bond acceptors (Lipinski definition) is 6. The quantitative estimate of drug-likeness (QED) is 0.0348. The Bertz CT molecular complexity index is 843. The Hall–Kier alpha value is -1.59. The lowest BCUT2D eigenvalue weighted by Gasteiger charge is -2.18. The molecule has 0 aromatic rings. The van der Waals surface area contributed by atoms with Crippen molar-refractivity contribution >= 4 is 17.9 Å². The van der Waals surface area contributed by atoms with Gasteiger partial charge in [-0.1, -0.05) is 227 Å². The molecule has 0 N–H and O–H groups in total. The van der Waals surface area contributed by atoms with E-state index in [0.29, 0.717) is 19.3 Å². The minimum Gasteiger partial charge on any atom is -0.462 e. The first kappa shape index (κ1) is 53.4. The lowest BCUT2D eigenvalue weighted by atomic mass is 9.99. The molecule has 0 saturated carbocycles. The van der Waals surface area contributed by atoms with Crippen LogP contribution in [-0.4, -0.2) is 37.2 Å². The molecule has 3 atom stereocenters. The van der Waals surface area contributed by atoms with E-state index in [1.54, 1.807) is 0 Å². The van der Waals surface area contributed by atoms with Gasteiger partial charge in [0.05, 0.1) is 0 Å². The SMILES string of the molecule is CCCCCCCCCC(=O)OC[C@H](COC(=O)CCCCCCCCCCCCCCCCC(C)CC)OC(=O)CCCCCCCCCCC(C)CC. The van der Waals surface area contributed by atoms with Crippen molar-refractivity contribution in [2.45, 2.75) is 272 Å². The minimum atomic E-state index is -0.760. The summed E-state index contributed by atoms with van der Waals surface area (Å²) in [5.41, 5.74) is 0. The van der Waals surface area contributed by atoms with Gasteiger partial charge in [0.25, 0.3) is 0 Å². The number of esters is 3. The second-order valence-electron chi connectivity index (χ2n) is 17.2. The van der Waals surface area contributed by atoms with Gasteiger partial charge < -0.3 is 14.2 Å². The van der Waals surface area contributed by atoms with E-state index in [1.165, 1.54) is 154 Å². The fourth-order valence-corrected chi connectivity index (χ4v) is 7.22. The molecule has 0 spiro atoms. The van der Waals surface area contributed by atoms with Crippen LogP contribution in [0.1, 0.15) is 266 Å². The van der Waals surface area contributed by atoms with Crippen molar-refractivity contribution in [2.75, 3.05) is 13.2 Å². The molecular formula is C49H94O6. The highest BCUT2D eigenvalue weighted by Crippen LogP contribution is 2.18. The summed E-state index contributed by atoms with van der Waals surface area (Å²) in [5, 5.41) is 0. The first-order valence-electron chi connectivity index (χ1n) is 24.3. The Morgan fingerprint density at radius 1 is 0.364 bits per heavy atom. The van der Waals surface area contributed by atoms with Gasteiger partial charge in [0, 0.05) is 19.3 Å². The molecular weight excluding hydrogens is 685 g/mol. The molecule has 0 amide bonds. The van der Waals surface area contributed by atoms with Crippen molar-refractivity contribution in [1.82, 2.24) is 0 Å². The van der Waals surface area contributed by atoms with Crippen LogP contribution in [-0.2, 0) is 28.6 Å². The van der Waals surface area contributed by atoms with E-state index < -0.39 is 6.10 Å². The zero-order chi connectivity index (χ0) is 40.5. The Balaban J connectivity index is 4.21. The van der Waals surface area contributed by atoms with Crippen LogP contribution < -0.4 is 0 Å². The second kappa shape index (κ2) is 42.0. The third-order valence-corrected chi connectivity index (χ3v) is 11.7. The summed E-state index contributed by atoms with van der Waals surface area (Å²) in [6.45, 7) is 11.4. The summed E-state index contributed by atoms with van der Waals surface area (Å²) in [4.78, 5) is 37.7. The van der Waals surface area contributed by atoms with Gasteiger partial charge in [-0.25, -0.2) is 0 Å². The summed E-state index contributed by atoms with van der Waals surface area (Å²) in [6.07, 6.45) is 40.9. The van der Waals surface area contributed by atoms with Crippen molar-refractivity contribution in [2.24, 2.45) is 11.8 Å². The molecule has 0 aromatic carbocycles. The topological polar surface area (TPSA) is 78.9 Å². The fourth-order valence-electron chi connectivity index (χ4n) is 7.22. The lowest BCUT2D eigenvalue weighted by Crippen LogP contribution is -2.30. The van der Waals surface area contributed by atoms with Crippen molar-refractivity contribution in [3.63, 3.8) is 0 Å². The van der Waals surface area contributed by atoms with Gasteiger partial charge in [0.1, 0.15) is 13.2 Å². The first-order valence-corrected chi connectivity index (χ1v) is 24.3. The third-order valence-electron chi connectivity index (χ3n) is 11.7. The van der Waals surface area contributed by atoms with Crippen LogP contribution in [0.15, 0.2) is 0 Å². The van der Waals surface area contributed by atoms with Gasteiger partial charge in [-0.05, 0) is 31.1 Å². The molecule has 0 rings (SSSR count). The maximum atomic E-state index is 12.7. The molecule has 0 aliphatic rings. The van der Waals surface area contributed by atoms with Gasteiger partial charge in [-0.15, -0.1) is 0 Å².